The Morgan fingerprint density at radius 1 is 1.42 bits per heavy atom. The van der Waals surface area contributed by atoms with Crippen LogP contribution in [0.4, 0.5) is 0 Å². The molecule has 19 heavy (non-hydrogen) atoms. The van der Waals surface area contributed by atoms with E-state index in [1.54, 1.807) is 7.11 Å². The first-order valence-electron chi connectivity index (χ1n) is 6.31. The molecule has 0 bridgehead atoms. The summed E-state index contributed by atoms with van der Waals surface area (Å²) in [7, 11) is 1.57. The summed E-state index contributed by atoms with van der Waals surface area (Å²) < 4.78 is 6.15. The summed E-state index contributed by atoms with van der Waals surface area (Å²) in [6, 6.07) is 8.18. The fourth-order valence-corrected chi connectivity index (χ4v) is 2.09. The predicted octanol–water partition coefficient (Wildman–Crippen LogP) is 1.86. The molecule has 2 atom stereocenters. The number of carbonyl (C=O) groups excluding carboxylic acids is 1. The molecule has 1 aromatic carbocycles. The standard InChI is InChI=1S/C14H21BrN2O2/c1-10(7-11-3-5-12(15)6-4-11)17-14(18)8-13(9-16)19-2/h3-6,10,13H,7-9,16H2,1-2H3,(H,17,18). The van der Waals surface area contributed by atoms with Gasteiger partial charge in [-0.1, -0.05) is 28.1 Å². The molecule has 0 aliphatic carbocycles. The van der Waals surface area contributed by atoms with E-state index in [0.29, 0.717) is 13.0 Å². The van der Waals surface area contributed by atoms with Gasteiger partial charge in [-0.2, -0.15) is 0 Å². The average Bonchev–Trinajstić information content (AvgIpc) is 2.38. The average molecular weight is 329 g/mol. The van der Waals surface area contributed by atoms with E-state index < -0.39 is 0 Å². The first-order valence-corrected chi connectivity index (χ1v) is 7.11. The van der Waals surface area contributed by atoms with Gasteiger partial charge in [-0.05, 0) is 31.0 Å². The van der Waals surface area contributed by atoms with Crippen molar-refractivity contribution >= 4 is 21.8 Å². The lowest BCUT2D eigenvalue weighted by Gasteiger charge is -2.17. The number of hydrogen-bond acceptors (Lipinski definition) is 3. The van der Waals surface area contributed by atoms with Crippen molar-refractivity contribution in [1.82, 2.24) is 5.32 Å². The number of ether oxygens (including phenoxy) is 1. The molecular weight excluding hydrogens is 308 g/mol. The highest BCUT2D eigenvalue weighted by Crippen LogP contribution is 2.12. The van der Waals surface area contributed by atoms with Crippen molar-refractivity contribution < 1.29 is 9.53 Å². The molecule has 0 aliphatic rings. The number of methoxy groups -OCH3 is 1. The van der Waals surface area contributed by atoms with Crippen molar-refractivity contribution in [3.8, 4) is 0 Å². The molecule has 0 spiro atoms. The molecule has 1 rings (SSSR count). The van der Waals surface area contributed by atoms with Gasteiger partial charge in [0.2, 0.25) is 5.91 Å². The van der Waals surface area contributed by atoms with Crippen LogP contribution in [0.3, 0.4) is 0 Å². The second-order valence-electron chi connectivity index (χ2n) is 4.60. The lowest BCUT2D eigenvalue weighted by atomic mass is 10.1. The normalized spacial score (nSPS) is 13.9. The monoisotopic (exact) mass is 328 g/mol. The first-order chi connectivity index (χ1) is 9.05. The maximum atomic E-state index is 11.8. The van der Waals surface area contributed by atoms with Crippen molar-refractivity contribution in [2.45, 2.75) is 31.9 Å². The summed E-state index contributed by atoms with van der Waals surface area (Å²) in [5, 5.41) is 2.96. The molecule has 2 unspecified atom stereocenters. The van der Waals surface area contributed by atoms with Gasteiger partial charge in [0, 0.05) is 24.2 Å². The van der Waals surface area contributed by atoms with E-state index in [0.717, 1.165) is 10.9 Å². The summed E-state index contributed by atoms with van der Waals surface area (Å²) in [4.78, 5) is 11.8. The van der Waals surface area contributed by atoms with E-state index in [-0.39, 0.29) is 18.1 Å². The van der Waals surface area contributed by atoms with Crippen molar-refractivity contribution in [3.63, 3.8) is 0 Å². The van der Waals surface area contributed by atoms with Crippen LogP contribution in [0, 0.1) is 0 Å². The number of nitrogens with two attached hydrogens (primary N) is 1. The minimum absolute atomic E-state index is 0.0260. The van der Waals surface area contributed by atoms with Crippen LogP contribution in [0.2, 0.25) is 0 Å². The zero-order chi connectivity index (χ0) is 14.3. The van der Waals surface area contributed by atoms with Gasteiger partial charge >= 0.3 is 0 Å². The number of amides is 1. The summed E-state index contributed by atoms with van der Waals surface area (Å²) in [5.41, 5.74) is 6.68. The highest BCUT2D eigenvalue weighted by atomic mass is 79.9. The topological polar surface area (TPSA) is 64.3 Å². The Labute approximate surface area is 122 Å². The van der Waals surface area contributed by atoms with Crippen LogP contribution in [0.1, 0.15) is 18.9 Å². The molecule has 0 radical (unpaired) electrons. The molecule has 0 saturated heterocycles. The van der Waals surface area contributed by atoms with Gasteiger partial charge in [0.25, 0.3) is 0 Å². The smallest absolute Gasteiger partial charge is 0.222 e. The maximum absolute atomic E-state index is 11.8. The minimum atomic E-state index is -0.208. The highest BCUT2D eigenvalue weighted by molar-refractivity contribution is 9.10. The first kappa shape index (κ1) is 16.1. The van der Waals surface area contributed by atoms with Crippen molar-refractivity contribution in [2.75, 3.05) is 13.7 Å². The summed E-state index contributed by atoms with van der Waals surface area (Å²) in [6.07, 6.45) is 0.900. The van der Waals surface area contributed by atoms with Crippen LogP contribution in [-0.2, 0) is 16.0 Å². The van der Waals surface area contributed by atoms with Gasteiger partial charge in [0.05, 0.1) is 12.5 Å². The Hall–Kier alpha value is -0.910. The molecule has 106 valence electrons. The zero-order valence-electron chi connectivity index (χ0n) is 11.4. The van der Waals surface area contributed by atoms with Crippen LogP contribution in [0.15, 0.2) is 28.7 Å². The third-order valence-corrected chi connectivity index (χ3v) is 3.40. The maximum Gasteiger partial charge on any atom is 0.222 e. The number of nitrogens with one attached hydrogen (secondary N) is 1. The van der Waals surface area contributed by atoms with Crippen LogP contribution in [0.25, 0.3) is 0 Å². The van der Waals surface area contributed by atoms with Crippen LogP contribution in [0.5, 0.6) is 0 Å². The fourth-order valence-electron chi connectivity index (χ4n) is 1.83. The molecular formula is C14H21BrN2O2. The molecule has 0 aromatic heterocycles. The SMILES string of the molecule is COC(CN)CC(=O)NC(C)Cc1ccc(Br)cc1. The number of hydrogen-bond donors (Lipinski definition) is 2. The van der Waals surface area contributed by atoms with Crippen LogP contribution in [-0.4, -0.2) is 31.7 Å². The molecule has 0 fully saturated rings. The molecule has 0 saturated carbocycles. The van der Waals surface area contributed by atoms with E-state index in [1.807, 2.05) is 31.2 Å². The Bertz CT molecular complexity index is 391. The molecule has 0 heterocycles. The quantitative estimate of drug-likeness (QED) is 0.803. The third-order valence-electron chi connectivity index (χ3n) is 2.87. The third kappa shape index (κ3) is 6.18. The van der Waals surface area contributed by atoms with Crippen molar-refractivity contribution in [3.05, 3.63) is 34.3 Å². The molecule has 3 N–H and O–H groups in total. The van der Waals surface area contributed by atoms with Crippen LogP contribution < -0.4 is 11.1 Å². The van der Waals surface area contributed by atoms with Gasteiger partial charge < -0.3 is 15.8 Å². The molecule has 5 heteroatoms. The Morgan fingerprint density at radius 2 is 2.05 bits per heavy atom. The van der Waals surface area contributed by atoms with E-state index in [9.17, 15) is 4.79 Å². The van der Waals surface area contributed by atoms with E-state index in [1.165, 1.54) is 5.56 Å². The van der Waals surface area contributed by atoms with Crippen LogP contribution >= 0.6 is 15.9 Å². The lowest BCUT2D eigenvalue weighted by molar-refractivity contribution is -0.123. The predicted molar refractivity (Wildman–Crippen MR) is 79.9 cm³/mol. The number of carbonyl (C=O) groups is 1. The Balaban J connectivity index is 2.40. The second-order valence-corrected chi connectivity index (χ2v) is 5.51. The molecule has 1 amide bonds. The van der Waals surface area contributed by atoms with Gasteiger partial charge in [0.15, 0.2) is 0 Å². The van der Waals surface area contributed by atoms with Crippen molar-refractivity contribution in [2.24, 2.45) is 5.73 Å². The highest BCUT2D eigenvalue weighted by Gasteiger charge is 2.13. The summed E-state index contributed by atoms with van der Waals surface area (Å²) >= 11 is 3.40. The van der Waals surface area contributed by atoms with Gasteiger partial charge in [0.1, 0.15) is 0 Å². The molecule has 1 aromatic rings. The largest absolute Gasteiger partial charge is 0.380 e. The zero-order valence-corrected chi connectivity index (χ0v) is 12.9. The van der Waals surface area contributed by atoms with Crippen molar-refractivity contribution in [1.29, 1.82) is 0 Å². The lowest BCUT2D eigenvalue weighted by Crippen LogP contribution is -2.37. The Morgan fingerprint density at radius 3 is 2.58 bits per heavy atom. The number of rotatable bonds is 7. The van der Waals surface area contributed by atoms with Gasteiger partial charge in [-0.25, -0.2) is 0 Å². The Kier molecular flexibility index (Phi) is 7.05. The minimum Gasteiger partial charge on any atom is -0.380 e. The van der Waals surface area contributed by atoms with Gasteiger partial charge in [-0.15, -0.1) is 0 Å². The summed E-state index contributed by atoms with van der Waals surface area (Å²) in [6.45, 7) is 2.34. The number of benzene rings is 1. The fraction of sp³-hybridized carbons (Fsp3) is 0.500. The second kappa shape index (κ2) is 8.30. The molecule has 4 nitrogen and oxygen atoms in total. The van der Waals surface area contributed by atoms with E-state index in [2.05, 4.69) is 21.2 Å². The van der Waals surface area contributed by atoms with Gasteiger partial charge in [-0.3, -0.25) is 4.79 Å². The summed E-state index contributed by atoms with van der Waals surface area (Å²) in [5.74, 6) is -0.0260. The number of halogens is 1. The van der Waals surface area contributed by atoms with E-state index in [4.69, 9.17) is 10.5 Å². The van der Waals surface area contributed by atoms with E-state index >= 15 is 0 Å². The molecule has 0 aliphatic heterocycles.